The number of nitriles is 2. The topological polar surface area (TPSA) is 83.6 Å². The van der Waals surface area contributed by atoms with E-state index in [2.05, 4.69) is 4.98 Å². The van der Waals surface area contributed by atoms with Gasteiger partial charge in [0.2, 0.25) is 0 Å². The van der Waals surface area contributed by atoms with Crippen molar-refractivity contribution in [3.63, 3.8) is 0 Å². The van der Waals surface area contributed by atoms with Crippen LogP contribution >= 0.6 is 0 Å². The highest BCUT2D eigenvalue weighted by atomic mass is 16.3. The van der Waals surface area contributed by atoms with Crippen LogP contribution in [0.2, 0.25) is 0 Å². The molecule has 1 aromatic heterocycles. The second-order valence-corrected chi connectivity index (χ2v) is 5.07. The summed E-state index contributed by atoms with van der Waals surface area (Å²) in [6, 6.07) is 20.2. The van der Waals surface area contributed by atoms with Gasteiger partial charge in [-0.2, -0.15) is 10.5 Å². The Morgan fingerprint density at radius 1 is 0.955 bits per heavy atom. The van der Waals surface area contributed by atoms with Crippen LogP contribution in [0.5, 0.6) is 0 Å². The number of aromatic amines is 1. The maximum absolute atomic E-state index is 11.3. The van der Waals surface area contributed by atoms with Gasteiger partial charge in [0.1, 0.15) is 5.60 Å². The summed E-state index contributed by atoms with van der Waals surface area (Å²) in [7, 11) is 0. The van der Waals surface area contributed by atoms with Gasteiger partial charge in [-0.15, -0.1) is 0 Å². The Hall–Kier alpha value is -3.08. The third-order valence-electron chi connectivity index (χ3n) is 3.89. The van der Waals surface area contributed by atoms with Crippen LogP contribution in [-0.4, -0.2) is 10.1 Å². The van der Waals surface area contributed by atoms with Crippen LogP contribution in [0.1, 0.15) is 11.1 Å². The molecule has 4 nitrogen and oxygen atoms in total. The van der Waals surface area contributed by atoms with Crippen LogP contribution in [0.4, 0.5) is 0 Å². The molecule has 0 amide bonds. The molecule has 1 atom stereocenters. The smallest absolute Gasteiger partial charge is 0.170 e. The van der Waals surface area contributed by atoms with Crippen molar-refractivity contribution in [2.45, 2.75) is 5.60 Å². The lowest BCUT2D eigenvalue weighted by atomic mass is 9.77. The fraction of sp³-hybridized carbons (Fsp3) is 0.111. The Morgan fingerprint density at radius 3 is 2.27 bits per heavy atom. The fourth-order valence-electron chi connectivity index (χ4n) is 2.77. The number of nitrogens with zero attached hydrogens (tertiary/aromatic N) is 2. The number of benzene rings is 2. The van der Waals surface area contributed by atoms with E-state index in [0.717, 1.165) is 10.9 Å². The molecule has 4 heteroatoms. The van der Waals surface area contributed by atoms with Gasteiger partial charge in [-0.05, 0) is 11.6 Å². The Kier molecular flexibility index (Phi) is 3.39. The molecule has 22 heavy (non-hydrogen) atoms. The number of H-pyrrole nitrogens is 1. The average Bonchev–Trinajstić information content (AvgIpc) is 3.01. The second kappa shape index (κ2) is 5.37. The Morgan fingerprint density at radius 2 is 1.59 bits per heavy atom. The van der Waals surface area contributed by atoms with Gasteiger partial charge in [0, 0.05) is 22.7 Å². The number of aliphatic hydroxyl groups is 1. The van der Waals surface area contributed by atoms with Gasteiger partial charge < -0.3 is 10.1 Å². The average molecular weight is 287 g/mol. The molecule has 0 aliphatic heterocycles. The number of para-hydroxylation sites is 1. The molecule has 2 aromatic carbocycles. The van der Waals surface area contributed by atoms with Crippen molar-refractivity contribution in [2.24, 2.45) is 5.92 Å². The Balaban J connectivity index is 2.32. The van der Waals surface area contributed by atoms with Crippen molar-refractivity contribution in [3.8, 4) is 12.1 Å². The van der Waals surface area contributed by atoms with Crippen molar-refractivity contribution in [1.29, 1.82) is 10.5 Å². The van der Waals surface area contributed by atoms with E-state index in [1.54, 1.807) is 30.5 Å². The highest BCUT2D eigenvalue weighted by Crippen LogP contribution is 2.39. The first-order valence-corrected chi connectivity index (χ1v) is 6.85. The van der Waals surface area contributed by atoms with Crippen molar-refractivity contribution >= 4 is 10.9 Å². The third-order valence-corrected chi connectivity index (χ3v) is 3.89. The molecule has 0 spiro atoms. The predicted molar refractivity (Wildman–Crippen MR) is 82.5 cm³/mol. The first kappa shape index (κ1) is 13.9. The number of rotatable bonds is 3. The van der Waals surface area contributed by atoms with E-state index in [1.165, 1.54) is 0 Å². The van der Waals surface area contributed by atoms with Gasteiger partial charge in [0.15, 0.2) is 5.92 Å². The summed E-state index contributed by atoms with van der Waals surface area (Å²) < 4.78 is 0. The van der Waals surface area contributed by atoms with E-state index >= 15 is 0 Å². The molecule has 0 aliphatic carbocycles. The summed E-state index contributed by atoms with van der Waals surface area (Å²) in [6.07, 6.45) is 1.67. The molecule has 0 bridgehead atoms. The van der Waals surface area contributed by atoms with E-state index in [9.17, 15) is 15.6 Å². The Labute approximate surface area is 127 Å². The van der Waals surface area contributed by atoms with Gasteiger partial charge in [-0.25, -0.2) is 0 Å². The van der Waals surface area contributed by atoms with E-state index in [1.807, 2.05) is 42.5 Å². The summed E-state index contributed by atoms with van der Waals surface area (Å²) in [5.41, 5.74) is 0.210. The maximum atomic E-state index is 11.3. The van der Waals surface area contributed by atoms with Crippen LogP contribution < -0.4 is 0 Å². The molecule has 0 radical (unpaired) electrons. The van der Waals surface area contributed by atoms with Gasteiger partial charge in [0.25, 0.3) is 0 Å². The quantitative estimate of drug-likeness (QED) is 0.776. The number of hydrogen-bond acceptors (Lipinski definition) is 3. The number of fused-ring (bicyclic) bond motifs is 1. The number of nitrogens with one attached hydrogen (secondary N) is 1. The van der Waals surface area contributed by atoms with E-state index in [-0.39, 0.29) is 0 Å². The van der Waals surface area contributed by atoms with Crippen LogP contribution in [0.15, 0.2) is 60.8 Å². The zero-order valence-electron chi connectivity index (χ0n) is 11.7. The SMILES string of the molecule is N#CC(C#N)[C@@](O)(c1ccccc1)c1c[nH]c2ccccc12. The molecule has 3 rings (SSSR count). The lowest BCUT2D eigenvalue weighted by molar-refractivity contribution is 0.0608. The summed E-state index contributed by atoms with van der Waals surface area (Å²) in [4.78, 5) is 3.09. The third kappa shape index (κ3) is 1.95. The van der Waals surface area contributed by atoms with Gasteiger partial charge in [-0.3, -0.25) is 0 Å². The fourth-order valence-corrected chi connectivity index (χ4v) is 2.77. The molecule has 0 saturated heterocycles. The van der Waals surface area contributed by atoms with E-state index < -0.39 is 11.5 Å². The minimum atomic E-state index is -1.69. The number of aromatic nitrogens is 1. The number of hydrogen-bond donors (Lipinski definition) is 2. The molecular formula is C18H13N3O. The first-order valence-electron chi connectivity index (χ1n) is 6.85. The summed E-state index contributed by atoms with van der Waals surface area (Å²) >= 11 is 0. The standard InChI is InChI=1S/C18H13N3O/c19-10-14(11-20)18(22,13-6-2-1-3-7-13)16-12-21-17-9-5-4-8-15(16)17/h1-9,12,14,21-22H/t18-/m0/s1. The highest BCUT2D eigenvalue weighted by molar-refractivity contribution is 5.84. The van der Waals surface area contributed by atoms with Gasteiger partial charge in [-0.1, -0.05) is 48.5 Å². The molecule has 0 fully saturated rings. The lowest BCUT2D eigenvalue weighted by Gasteiger charge is -2.29. The lowest BCUT2D eigenvalue weighted by Crippen LogP contribution is -2.34. The normalized spacial score (nSPS) is 13.5. The largest absolute Gasteiger partial charge is 0.378 e. The van der Waals surface area contributed by atoms with Crippen LogP contribution in [0.3, 0.4) is 0 Å². The molecule has 3 aromatic rings. The zero-order chi connectivity index (χ0) is 15.6. The van der Waals surface area contributed by atoms with Crippen LogP contribution in [-0.2, 0) is 5.60 Å². The molecule has 0 unspecified atom stereocenters. The maximum Gasteiger partial charge on any atom is 0.170 e. The zero-order valence-corrected chi connectivity index (χ0v) is 11.7. The van der Waals surface area contributed by atoms with Crippen LogP contribution in [0, 0.1) is 28.6 Å². The molecule has 2 N–H and O–H groups in total. The Bertz CT molecular complexity index is 872. The second-order valence-electron chi connectivity index (χ2n) is 5.07. The predicted octanol–water partition coefficient (Wildman–Crippen LogP) is 3.07. The van der Waals surface area contributed by atoms with Gasteiger partial charge in [0.05, 0.1) is 12.1 Å². The molecular weight excluding hydrogens is 274 g/mol. The van der Waals surface area contributed by atoms with Crippen molar-refractivity contribution in [1.82, 2.24) is 4.98 Å². The summed E-state index contributed by atoms with van der Waals surface area (Å²) in [5.74, 6) is -1.21. The van der Waals surface area contributed by atoms with Crippen molar-refractivity contribution < 1.29 is 5.11 Å². The molecule has 1 heterocycles. The highest BCUT2D eigenvalue weighted by Gasteiger charge is 2.42. The molecule has 0 aliphatic rings. The van der Waals surface area contributed by atoms with E-state index in [0.29, 0.717) is 11.1 Å². The monoisotopic (exact) mass is 287 g/mol. The molecule has 106 valence electrons. The first-order chi connectivity index (χ1) is 10.7. The van der Waals surface area contributed by atoms with Crippen molar-refractivity contribution in [2.75, 3.05) is 0 Å². The van der Waals surface area contributed by atoms with E-state index in [4.69, 9.17) is 0 Å². The van der Waals surface area contributed by atoms with Crippen molar-refractivity contribution in [3.05, 3.63) is 71.9 Å². The minimum Gasteiger partial charge on any atom is -0.378 e. The summed E-state index contributed by atoms with van der Waals surface area (Å²) in [5, 5.41) is 30.8. The minimum absolute atomic E-state index is 0.521. The van der Waals surface area contributed by atoms with Gasteiger partial charge >= 0.3 is 0 Å². The summed E-state index contributed by atoms with van der Waals surface area (Å²) in [6.45, 7) is 0. The van der Waals surface area contributed by atoms with Crippen LogP contribution in [0.25, 0.3) is 10.9 Å². The molecule has 0 saturated carbocycles.